The van der Waals surface area contributed by atoms with Crippen molar-refractivity contribution in [3.05, 3.63) is 5.89 Å². The van der Waals surface area contributed by atoms with Crippen LogP contribution in [0.4, 0.5) is 6.01 Å². The normalized spacial score (nSPS) is 16.7. The predicted molar refractivity (Wildman–Crippen MR) is 71.5 cm³/mol. The average molecular weight is 252 g/mol. The van der Waals surface area contributed by atoms with Gasteiger partial charge in [-0.25, -0.2) is 0 Å². The molecule has 0 saturated heterocycles. The van der Waals surface area contributed by atoms with E-state index in [1.807, 2.05) is 7.05 Å². The Hall–Kier alpha value is -1.10. The first-order chi connectivity index (χ1) is 8.65. The van der Waals surface area contributed by atoms with Crippen LogP contribution in [-0.4, -0.2) is 29.8 Å². The van der Waals surface area contributed by atoms with E-state index in [1.54, 1.807) is 0 Å². The molecule has 1 aliphatic carbocycles. The quantitative estimate of drug-likeness (QED) is 0.841. The topological polar surface area (TPSA) is 54.2 Å². The Morgan fingerprint density at radius 1 is 1.33 bits per heavy atom. The van der Waals surface area contributed by atoms with Gasteiger partial charge in [0.25, 0.3) is 0 Å². The summed E-state index contributed by atoms with van der Waals surface area (Å²) in [6.07, 6.45) is 5.40. The molecule has 0 radical (unpaired) electrons. The van der Waals surface area contributed by atoms with Crippen LogP contribution in [-0.2, 0) is 6.54 Å². The van der Waals surface area contributed by atoms with Crippen LogP contribution >= 0.6 is 0 Å². The van der Waals surface area contributed by atoms with Crippen molar-refractivity contribution in [3.63, 3.8) is 0 Å². The first-order valence-electron chi connectivity index (χ1n) is 6.92. The predicted octanol–water partition coefficient (Wildman–Crippen LogP) is 2.19. The van der Waals surface area contributed by atoms with E-state index in [0.717, 1.165) is 12.5 Å². The van der Waals surface area contributed by atoms with E-state index in [-0.39, 0.29) is 0 Å². The summed E-state index contributed by atoms with van der Waals surface area (Å²) in [5.41, 5.74) is 0. The van der Waals surface area contributed by atoms with Gasteiger partial charge in [-0.3, -0.25) is 0 Å². The standard InChI is InChI=1S/C13H24N4O/c1-10(2)14-8-12-15-16-13(18-12)17(3)9-11-6-4-5-7-11/h10-11,14H,4-9H2,1-3H3. The first-order valence-corrected chi connectivity index (χ1v) is 6.92. The van der Waals surface area contributed by atoms with Crippen molar-refractivity contribution in [3.8, 4) is 0 Å². The van der Waals surface area contributed by atoms with Gasteiger partial charge in [-0.05, 0) is 18.8 Å². The van der Waals surface area contributed by atoms with Gasteiger partial charge in [-0.15, -0.1) is 5.10 Å². The van der Waals surface area contributed by atoms with E-state index in [4.69, 9.17) is 4.42 Å². The summed E-state index contributed by atoms with van der Waals surface area (Å²) >= 11 is 0. The van der Waals surface area contributed by atoms with Crippen LogP contribution in [0.15, 0.2) is 4.42 Å². The molecule has 1 aromatic heterocycles. The highest BCUT2D eigenvalue weighted by molar-refractivity contribution is 5.22. The Bertz CT molecular complexity index is 358. The zero-order valence-electron chi connectivity index (χ0n) is 11.6. The van der Waals surface area contributed by atoms with Crippen molar-refractivity contribution in [2.45, 2.75) is 52.1 Å². The molecule has 0 unspecified atom stereocenters. The second-order valence-corrected chi connectivity index (χ2v) is 5.54. The molecule has 1 aliphatic rings. The van der Waals surface area contributed by atoms with Crippen molar-refractivity contribution < 1.29 is 4.42 Å². The fourth-order valence-corrected chi connectivity index (χ4v) is 2.42. The molecule has 0 atom stereocenters. The van der Waals surface area contributed by atoms with Crippen LogP contribution in [0.3, 0.4) is 0 Å². The number of hydrogen-bond acceptors (Lipinski definition) is 5. The summed E-state index contributed by atoms with van der Waals surface area (Å²) in [5.74, 6) is 1.45. The average Bonchev–Trinajstić information content (AvgIpc) is 2.96. The third kappa shape index (κ3) is 3.70. The molecule has 0 spiro atoms. The molecule has 0 amide bonds. The monoisotopic (exact) mass is 252 g/mol. The van der Waals surface area contributed by atoms with Crippen molar-refractivity contribution in [2.24, 2.45) is 5.92 Å². The van der Waals surface area contributed by atoms with Crippen molar-refractivity contribution in [1.82, 2.24) is 15.5 Å². The Balaban J connectivity index is 1.84. The maximum Gasteiger partial charge on any atom is 0.317 e. The SMILES string of the molecule is CC(C)NCc1nnc(N(C)CC2CCCC2)o1. The highest BCUT2D eigenvalue weighted by Crippen LogP contribution is 2.26. The van der Waals surface area contributed by atoms with Crippen LogP contribution in [0, 0.1) is 5.92 Å². The lowest BCUT2D eigenvalue weighted by atomic mass is 10.1. The van der Waals surface area contributed by atoms with Crippen molar-refractivity contribution in [2.75, 3.05) is 18.5 Å². The molecule has 5 nitrogen and oxygen atoms in total. The minimum absolute atomic E-state index is 0.427. The molecule has 0 bridgehead atoms. The van der Waals surface area contributed by atoms with Gasteiger partial charge in [0.05, 0.1) is 6.54 Å². The molecule has 5 heteroatoms. The third-order valence-corrected chi connectivity index (χ3v) is 3.45. The van der Waals surface area contributed by atoms with Crippen LogP contribution in [0.25, 0.3) is 0 Å². The van der Waals surface area contributed by atoms with Gasteiger partial charge in [-0.1, -0.05) is 31.8 Å². The number of hydrogen-bond donors (Lipinski definition) is 1. The molecule has 1 fully saturated rings. The molecular weight excluding hydrogens is 228 g/mol. The van der Waals surface area contributed by atoms with E-state index in [0.29, 0.717) is 24.5 Å². The largest absolute Gasteiger partial charge is 0.407 e. The van der Waals surface area contributed by atoms with E-state index in [2.05, 4.69) is 34.3 Å². The molecule has 1 aromatic rings. The van der Waals surface area contributed by atoms with Crippen LogP contribution in [0.1, 0.15) is 45.4 Å². The maximum atomic E-state index is 5.65. The highest BCUT2D eigenvalue weighted by atomic mass is 16.4. The van der Waals surface area contributed by atoms with Gasteiger partial charge in [-0.2, -0.15) is 0 Å². The molecule has 1 heterocycles. The highest BCUT2D eigenvalue weighted by Gasteiger charge is 2.19. The molecular formula is C13H24N4O. The Morgan fingerprint density at radius 2 is 2.06 bits per heavy atom. The molecule has 18 heavy (non-hydrogen) atoms. The van der Waals surface area contributed by atoms with Crippen LogP contribution in [0.2, 0.25) is 0 Å². The fraction of sp³-hybridized carbons (Fsp3) is 0.846. The van der Waals surface area contributed by atoms with Gasteiger partial charge in [0.15, 0.2) is 0 Å². The van der Waals surface area contributed by atoms with Crippen LogP contribution < -0.4 is 10.2 Å². The zero-order valence-corrected chi connectivity index (χ0v) is 11.6. The minimum atomic E-state index is 0.427. The summed E-state index contributed by atoms with van der Waals surface area (Å²) in [7, 11) is 2.03. The summed E-state index contributed by atoms with van der Waals surface area (Å²) in [5, 5.41) is 11.4. The second kappa shape index (κ2) is 6.18. The molecule has 1 saturated carbocycles. The second-order valence-electron chi connectivity index (χ2n) is 5.54. The van der Waals surface area contributed by atoms with Crippen LogP contribution in [0.5, 0.6) is 0 Å². The van der Waals surface area contributed by atoms with E-state index in [9.17, 15) is 0 Å². The summed E-state index contributed by atoms with van der Waals surface area (Å²) in [6, 6.07) is 1.07. The maximum absolute atomic E-state index is 5.65. The van der Waals surface area contributed by atoms with E-state index >= 15 is 0 Å². The number of anilines is 1. The van der Waals surface area contributed by atoms with Gasteiger partial charge in [0.1, 0.15) is 0 Å². The molecule has 0 aliphatic heterocycles. The molecule has 1 N–H and O–H groups in total. The Kier molecular flexibility index (Phi) is 4.58. The van der Waals surface area contributed by atoms with Gasteiger partial charge in [0, 0.05) is 19.6 Å². The third-order valence-electron chi connectivity index (χ3n) is 3.45. The van der Waals surface area contributed by atoms with Crippen molar-refractivity contribution in [1.29, 1.82) is 0 Å². The number of rotatable bonds is 6. The van der Waals surface area contributed by atoms with E-state index in [1.165, 1.54) is 25.7 Å². The summed E-state index contributed by atoms with van der Waals surface area (Å²) in [4.78, 5) is 2.09. The lowest BCUT2D eigenvalue weighted by Crippen LogP contribution is -2.24. The van der Waals surface area contributed by atoms with Crippen molar-refractivity contribution >= 4 is 6.01 Å². The first kappa shape index (κ1) is 13.3. The van der Waals surface area contributed by atoms with Gasteiger partial charge < -0.3 is 14.6 Å². The summed E-state index contributed by atoms with van der Waals surface area (Å²) in [6.45, 7) is 5.87. The summed E-state index contributed by atoms with van der Waals surface area (Å²) < 4.78 is 5.65. The lowest BCUT2D eigenvalue weighted by molar-refractivity contribution is 0.440. The smallest absolute Gasteiger partial charge is 0.317 e. The molecule has 2 rings (SSSR count). The number of nitrogens with zero attached hydrogens (tertiary/aromatic N) is 3. The van der Waals surface area contributed by atoms with Gasteiger partial charge >= 0.3 is 6.01 Å². The Labute approximate surface area is 109 Å². The van der Waals surface area contributed by atoms with E-state index < -0.39 is 0 Å². The number of aromatic nitrogens is 2. The Morgan fingerprint density at radius 3 is 2.72 bits per heavy atom. The molecule has 0 aromatic carbocycles. The number of nitrogens with one attached hydrogen (secondary N) is 1. The fourth-order valence-electron chi connectivity index (χ4n) is 2.42. The minimum Gasteiger partial charge on any atom is -0.407 e. The van der Waals surface area contributed by atoms with Gasteiger partial charge in [0.2, 0.25) is 5.89 Å². The zero-order chi connectivity index (χ0) is 13.0. The lowest BCUT2D eigenvalue weighted by Gasteiger charge is -2.18. The molecule has 102 valence electrons.